The highest BCUT2D eigenvalue weighted by Gasteiger charge is 2.36. The van der Waals surface area contributed by atoms with E-state index in [1.54, 1.807) is 36.6 Å². The van der Waals surface area contributed by atoms with Crippen LogP contribution in [0.3, 0.4) is 0 Å². The van der Waals surface area contributed by atoms with Gasteiger partial charge in [-0.2, -0.15) is 0 Å². The van der Waals surface area contributed by atoms with Crippen molar-refractivity contribution >= 4 is 34.9 Å². The summed E-state index contributed by atoms with van der Waals surface area (Å²) in [6.45, 7) is 2.06. The van der Waals surface area contributed by atoms with Crippen LogP contribution in [0.5, 0.6) is 5.75 Å². The van der Waals surface area contributed by atoms with Gasteiger partial charge in [0.25, 0.3) is 0 Å². The van der Waals surface area contributed by atoms with Crippen LogP contribution in [0, 0.1) is 5.41 Å². The number of amides is 1. The SMILES string of the molecule is CC(Oc1csc(C(=O)O)c1)C1CN(c2ccc(C(=N)N)cc2)C(=O)O1. The van der Waals surface area contributed by atoms with Gasteiger partial charge >= 0.3 is 12.1 Å². The predicted molar refractivity (Wildman–Crippen MR) is 96.4 cm³/mol. The van der Waals surface area contributed by atoms with Gasteiger partial charge in [-0.1, -0.05) is 0 Å². The molecule has 1 aromatic heterocycles. The highest BCUT2D eigenvalue weighted by molar-refractivity contribution is 7.12. The second-order valence-electron chi connectivity index (χ2n) is 5.77. The molecule has 0 radical (unpaired) electrons. The van der Waals surface area contributed by atoms with Crippen molar-refractivity contribution < 1.29 is 24.2 Å². The quantitative estimate of drug-likeness (QED) is 0.526. The van der Waals surface area contributed by atoms with Crippen LogP contribution >= 0.6 is 11.3 Å². The molecule has 3 rings (SSSR count). The molecular weight excluding hydrogens is 358 g/mol. The maximum absolute atomic E-state index is 12.2. The van der Waals surface area contributed by atoms with Gasteiger partial charge in [0.1, 0.15) is 22.6 Å². The Kier molecular flexibility index (Phi) is 4.81. The zero-order chi connectivity index (χ0) is 18.8. The van der Waals surface area contributed by atoms with E-state index in [0.717, 1.165) is 11.3 Å². The molecule has 9 heteroatoms. The van der Waals surface area contributed by atoms with Gasteiger partial charge in [0.05, 0.1) is 6.54 Å². The van der Waals surface area contributed by atoms with E-state index in [1.165, 1.54) is 11.0 Å². The second kappa shape index (κ2) is 7.04. The third-order valence-electron chi connectivity index (χ3n) is 3.96. The van der Waals surface area contributed by atoms with Gasteiger partial charge in [0.15, 0.2) is 6.10 Å². The number of carboxylic acids is 1. The highest BCUT2D eigenvalue weighted by atomic mass is 32.1. The number of amidine groups is 1. The van der Waals surface area contributed by atoms with E-state index in [4.69, 9.17) is 25.7 Å². The van der Waals surface area contributed by atoms with Crippen LogP contribution in [0.2, 0.25) is 0 Å². The first-order valence-electron chi connectivity index (χ1n) is 7.76. The van der Waals surface area contributed by atoms with E-state index in [0.29, 0.717) is 23.5 Å². The molecule has 0 spiro atoms. The predicted octanol–water partition coefficient (Wildman–Crippen LogP) is 2.52. The van der Waals surface area contributed by atoms with Gasteiger partial charge in [0.2, 0.25) is 0 Å². The number of nitrogens with two attached hydrogens (primary N) is 1. The number of carbonyl (C=O) groups is 2. The van der Waals surface area contributed by atoms with Gasteiger partial charge in [-0.3, -0.25) is 10.3 Å². The number of cyclic esters (lactones) is 1. The fourth-order valence-corrected chi connectivity index (χ4v) is 3.20. The Morgan fingerprint density at radius 1 is 1.46 bits per heavy atom. The number of benzene rings is 1. The van der Waals surface area contributed by atoms with Crippen molar-refractivity contribution in [2.24, 2.45) is 5.73 Å². The summed E-state index contributed by atoms with van der Waals surface area (Å²) in [5, 5.41) is 18.0. The fourth-order valence-electron chi connectivity index (χ4n) is 2.54. The molecule has 0 saturated carbocycles. The minimum absolute atomic E-state index is 0.0445. The van der Waals surface area contributed by atoms with Crippen molar-refractivity contribution in [3.8, 4) is 5.75 Å². The standard InChI is InChI=1S/C17H17N3O5S/c1-9(24-12-6-14(16(21)22)26-8-12)13-7-20(17(23)25-13)11-4-2-10(3-5-11)15(18)19/h2-6,8-9,13H,7H2,1H3,(H3,18,19)(H,21,22). The monoisotopic (exact) mass is 375 g/mol. The summed E-state index contributed by atoms with van der Waals surface area (Å²) in [6.07, 6.45) is -1.43. The zero-order valence-corrected chi connectivity index (χ0v) is 14.7. The molecule has 2 heterocycles. The molecule has 2 aromatic rings. The van der Waals surface area contributed by atoms with E-state index >= 15 is 0 Å². The van der Waals surface area contributed by atoms with Gasteiger partial charge < -0.3 is 20.3 Å². The number of nitrogens with one attached hydrogen (secondary N) is 1. The van der Waals surface area contributed by atoms with Crippen molar-refractivity contribution in [2.45, 2.75) is 19.1 Å². The van der Waals surface area contributed by atoms with Crippen molar-refractivity contribution in [3.05, 3.63) is 46.2 Å². The van der Waals surface area contributed by atoms with E-state index < -0.39 is 24.3 Å². The Balaban J connectivity index is 1.66. The van der Waals surface area contributed by atoms with Gasteiger partial charge in [-0.25, -0.2) is 9.59 Å². The number of nitrogen functional groups attached to an aromatic ring is 1. The first-order valence-corrected chi connectivity index (χ1v) is 8.64. The van der Waals surface area contributed by atoms with Crippen molar-refractivity contribution in [1.82, 2.24) is 0 Å². The number of carbonyl (C=O) groups excluding carboxylic acids is 1. The lowest BCUT2D eigenvalue weighted by Gasteiger charge is -2.18. The molecule has 0 aliphatic carbocycles. The topological polar surface area (TPSA) is 126 Å². The Hall–Kier alpha value is -3.07. The number of anilines is 1. The van der Waals surface area contributed by atoms with Crippen LogP contribution < -0.4 is 15.4 Å². The molecule has 1 aromatic carbocycles. The minimum atomic E-state index is -1.01. The molecule has 1 saturated heterocycles. The molecule has 8 nitrogen and oxygen atoms in total. The van der Waals surface area contributed by atoms with Gasteiger partial charge in [0, 0.05) is 22.7 Å². The maximum Gasteiger partial charge on any atom is 0.414 e. The summed E-state index contributed by atoms with van der Waals surface area (Å²) in [5.41, 5.74) is 6.63. The average Bonchev–Trinajstić information content (AvgIpc) is 3.22. The van der Waals surface area contributed by atoms with Crippen molar-refractivity contribution in [1.29, 1.82) is 5.41 Å². The summed E-state index contributed by atoms with van der Waals surface area (Å²) in [4.78, 5) is 24.7. The number of aromatic carboxylic acids is 1. The van der Waals surface area contributed by atoms with E-state index in [9.17, 15) is 9.59 Å². The summed E-state index contributed by atoms with van der Waals surface area (Å²) >= 11 is 1.07. The molecule has 1 aliphatic rings. The van der Waals surface area contributed by atoms with Crippen LogP contribution in [0.4, 0.5) is 10.5 Å². The number of carboxylic acid groups (broad SMARTS) is 1. The summed E-state index contributed by atoms with van der Waals surface area (Å²) in [6, 6.07) is 8.17. The van der Waals surface area contributed by atoms with E-state index in [-0.39, 0.29) is 10.7 Å². The lowest BCUT2D eigenvalue weighted by molar-refractivity contribution is 0.0581. The van der Waals surface area contributed by atoms with Crippen LogP contribution in [-0.4, -0.2) is 41.8 Å². The van der Waals surface area contributed by atoms with Gasteiger partial charge in [-0.05, 0) is 31.2 Å². The molecule has 136 valence electrons. The molecule has 1 amide bonds. The minimum Gasteiger partial charge on any atom is -0.486 e. The number of nitrogens with zero attached hydrogens (tertiary/aromatic N) is 1. The first kappa shape index (κ1) is 17.7. The summed E-state index contributed by atoms with van der Waals surface area (Å²) in [7, 11) is 0. The van der Waals surface area contributed by atoms with Crippen LogP contribution in [-0.2, 0) is 4.74 Å². The second-order valence-corrected chi connectivity index (χ2v) is 6.68. The Labute approximate surface area is 153 Å². The molecule has 0 bridgehead atoms. The number of ether oxygens (including phenoxy) is 2. The zero-order valence-electron chi connectivity index (χ0n) is 13.8. The average molecular weight is 375 g/mol. The fraction of sp³-hybridized carbons (Fsp3) is 0.235. The summed E-state index contributed by atoms with van der Waals surface area (Å²) in [5.74, 6) is -0.623. The van der Waals surface area contributed by atoms with Crippen molar-refractivity contribution in [3.63, 3.8) is 0 Å². The van der Waals surface area contributed by atoms with Crippen LogP contribution in [0.1, 0.15) is 22.2 Å². The van der Waals surface area contributed by atoms with E-state index in [2.05, 4.69) is 0 Å². The van der Waals surface area contributed by atoms with Crippen LogP contribution in [0.15, 0.2) is 35.7 Å². The molecular formula is C17H17N3O5S. The van der Waals surface area contributed by atoms with Crippen LogP contribution in [0.25, 0.3) is 0 Å². The maximum atomic E-state index is 12.2. The summed E-state index contributed by atoms with van der Waals surface area (Å²) < 4.78 is 11.1. The number of hydrogen-bond acceptors (Lipinski definition) is 6. The number of thiophene rings is 1. The van der Waals surface area contributed by atoms with Gasteiger partial charge in [-0.15, -0.1) is 11.3 Å². The molecule has 1 aliphatic heterocycles. The molecule has 2 unspecified atom stereocenters. The van der Waals surface area contributed by atoms with E-state index in [1.807, 2.05) is 0 Å². The Morgan fingerprint density at radius 2 is 2.15 bits per heavy atom. The Bertz CT molecular complexity index is 848. The molecule has 2 atom stereocenters. The Morgan fingerprint density at radius 3 is 2.73 bits per heavy atom. The molecule has 4 N–H and O–H groups in total. The lowest BCUT2D eigenvalue weighted by atomic mass is 10.1. The normalized spacial score (nSPS) is 17.7. The number of hydrogen-bond donors (Lipinski definition) is 3. The first-order chi connectivity index (χ1) is 12.3. The third-order valence-corrected chi connectivity index (χ3v) is 4.85. The number of rotatable bonds is 6. The lowest BCUT2D eigenvalue weighted by Crippen LogP contribution is -2.33. The molecule has 26 heavy (non-hydrogen) atoms. The smallest absolute Gasteiger partial charge is 0.414 e. The largest absolute Gasteiger partial charge is 0.486 e. The van der Waals surface area contributed by atoms with Crippen molar-refractivity contribution in [2.75, 3.05) is 11.4 Å². The highest BCUT2D eigenvalue weighted by Crippen LogP contribution is 2.27. The molecule has 1 fully saturated rings. The third kappa shape index (κ3) is 3.62.